The van der Waals surface area contributed by atoms with Crippen molar-refractivity contribution in [2.24, 2.45) is 5.73 Å². The van der Waals surface area contributed by atoms with Crippen LogP contribution in [0.4, 0.5) is 0 Å². The normalized spacial score (nSPS) is 19.9. The highest BCUT2D eigenvalue weighted by atomic mass is 16.3. The summed E-state index contributed by atoms with van der Waals surface area (Å²) in [5, 5.41) is 14.1. The van der Waals surface area contributed by atoms with Gasteiger partial charge >= 0.3 is 0 Å². The molecule has 1 aliphatic rings. The molecular formula is C22H32N2O. The zero-order valence-corrected chi connectivity index (χ0v) is 15.6. The van der Waals surface area contributed by atoms with Gasteiger partial charge in [0.1, 0.15) is 0 Å². The molecule has 3 nitrogen and oxygen atoms in total. The summed E-state index contributed by atoms with van der Waals surface area (Å²) in [6, 6.07) is 15.2. The van der Waals surface area contributed by atoms with Crippen LogP contribution >= 0.6 is 0 Å². The van der Waals surface area contributed by atoms with Crippen molar-refractivity contribution < 1.29 is 5.11 Å². The first-order valence-corrected chi connectivity index (χ1v) is 9.64. The van der Waals surface area contributed by atoms with Gasteiger partial charge in [0, 0.05) is 25.0 Å². The summed E-state index contributed by atoms with van der Waals surface area (Å²) in [5.41, 5.74) is 6.67. The van der Waals surface area contributed by atoms with Crippen LogP contribution in [0.3, 0.4) is 0 Å². The Hall–Kier alpha value is -1.42. The molecule has 25 heavy (non-hydrogen) atoms. The summed E-state index contributed by atoms with van der Waals surface area (Å²) >= 11 is 0. The maximum Gasteiger partial charge on any atom is 0.0728 e. The van der Waals surface area contributed by atoms with Crippen molar-refractivity contribution in [2.45, 2.75) is 56.6 Å². The van der Waals surface area contributed by atoms with Gasteiger partial charge in [-0.15, -0.1) is 0 Å². The summed E-state index contributed by atoms with van der Waals surface area (Å²) in [7, 11) is 2.12. The lowest BCUT2D eigenvalue weighted by Gasteiger charge is -2.42. The van der Waals surface area contributed by atoms with E-state index in [-0.39, 0.29) is 12.0 Å². The van der Waals surface area contributed by atoms with Crippen molar-refractivity contribution in [3.05, 3.63) is 48.0 Å². The highest BCUT2D eigenvalue weighted by Gasteiger charge is 2.39. The second-order valence-corrected chi connectivity index (χ2v) is 7.98. The van der Waals surface area contributed by atoms with Gasteiger partial charge in [-0.1, -0.05) is 61.7 Å². The standard InChI is InChI=1S/C22H32N2O/c1-17(23)15-24(2)16-21(22(25)13-6-3-7-14-22)20-12-8-10-18-9-4-5-11-19(18)20/h4-5,8-12,17,21,25H,3,6-7,13-16,23H2,1-2H3/t17-,21?/m1/s1. The molecule has 2 aromatic carbocycles. The summed E-state index contributed by atoms with van der Waals surface area (Å²) < 4.78 is 0. The highest BCUT2D eigenvalue weighted by molar-refractivity contribution is 5.86. The molecule has 0 heterocycles. The van der Waals surface area contributed by atoms with E-state index in [9.17, 15) is 5.11 Å². The smallest absolute Gasteiger partial charge is 0.0728 e. The van der Waals surface area contributed by atoms with E-state index in [4.69, 9.17) is 5.73 Å². The van der Waals surface area contributed by atoms with Crippen molar-refractivity contribution in [3.63, 3.8) is 0 Å². The van der Waals surface area contributed by atoms with Gasteiger partial charge in [-0.2, -0.15) is 0 Å². The Bertz CT molecular complexity index is 686. The van der Waals surface area contributed by atoms with E-state index < -0.39 is 5.60 Å². The Morgan fingerprint density at radius 2 is 1.72 bits per heavy atom. The zero-order chi connectivity index (χ0) is 17.9. The molecular weight excluding hydrogens is 308 g/mol. The van der Waals surface area contributed by atoms with Crippen LogP contribution < -0.4 is 5.73 Å². The minimum Gasteiger partial charge on any atom is -0.389 e. The van der Waals surface area contributed by atoms with Crippen molar-refractivity contribution in [3.8, 4) is 0 Å². The molecule has 1 aliphatic carbocycles. The predicted molar refractivity (Wildman–Crippen MR) is 106 cm³/mol. The highest BCUT2D eigenvalue weighted by Crippen LogP contribution is 2.42. The van der Waals surface area contributed by atoms with Crippen molar-refractivity contribution in [1.29, 1.82) is 0 Å². The van der Waals surface area contributed by atoms with Crippen molar-refractivity contribution in [1.82, 2.24) is 4.90 Å². The van der Waals surface area contributed by atoms with E-state index in [1.807, 2.05) is 6.92 Å². The van der Waals surface area contributed by atoms with E-state index in [1.165, 1.54) is 22.8 Å². The van der Waals surface area contributed by atoms with Crippen LogP contribution in [0.2, 0.25) is 0 Å². The molecule has 0 saturated heterocycles. The van der Waals surface area contributed by atoms with Gasteiger partial charge in [0.2, 0.25) is 0 Å². The van der Waals surface area contributed by atoms with Gasteiger partial charge in [0.25, 0.3) is 0 Å². The molecule has 0 amide bonds. The first-order chi connectivity index (χ1) is 12.0. The number of benzene rings is 2. The number of hydrogen-bond acceptors (Lipinski definition) is 3. The van der Waals surface area contributed by atoms with Gasteiger partial charge < -0.3 is 15.7 Å². The minimum absolute atomic E-state index is 0.114. The summed E-state index contributed by atoms with van der Waals surface area (Å²) in [5.74, 6) is 0.114. The molecule has 0 aromatic heterocycles. The number of rotatable bonds is 6. The average Bonchev–Trinajstić information content (AvgIpc) is 2.59. The molecule has 0 aliphatic heterocycles. The molecule has 1 unspecified atom stereocenters. The fourth-order valence-electron chi connectivity index (χ4n) is 4.50. The third-order valence-electron chi connectivity index (χ3n) is 5.66. The summed E-state index contributed by atoms with van der Waals surface area (Å²) in [6.07, 6.45) is 5.27. The Morgan fingerprint density at radius 3 is 2.44 bits per heavy atom. The van der Waals surface area contributed by atoms with Gasteiger partial charge in [0.05, 0.1) is 5.60 Å². The van der Waals surface area contributed by atoms with Gasteiger partial charge in [-0.05, 0) is 43.1 Å². The summed E-state index contributed by atoms with van der Waals surface area (Å²) in [6.45, 7) is 3.72. The third-order valence-corrected chi connectivity index (χ3v) is 5.66. The average molecular weight is 341 g/mol. The lowest BCUT2D eigenvalue weighted by Crippen LogP contribution is -2.45. The van der Waals surface area contributed by atoms with Gasteiger partial charge in [-0.25, -0.2) is 0 Å². The largest absolute Gasteiger partial charge is 0.389 e. The van der Waals surface area contributed by atoms with Crippen LogP contribution in [0.25, 0.3) is 10.8 Å². The van der Waals surface area contributed by atoms with Gasteiger partial charge in [0.15, 0.2) is 0 Å². The quantitative estimate of drug-likeness (QED) is 0.838. The molecule has 2 atom stereocenters. The van der Waals surface area contributed by atoms with E-state index in [2.05, 4.69) is 54.4 Å². The maximum atomic E-state index is 11.6. The van der Waals surface area contributed by atoms with Crippen LogP contribution in [0, 0.1) is 0 Å². The van der Waals surface area contributed by atoms with E-state index in [0.29, 0.717) is 0 Å². The van der Waals surface area contributed by atoms with Crippen LogP contribution in [0.15, 0.2) is 42.5 Å². The number of hydrogen-bond donors (Lipinski definition) is 2. The Kier molecular flexibility index (Phi) is 5.78. The molecule has 1 saturated carbocycles. The van der Waals surface area contributed by atoms with E-state index >= 15 is 0 Å². The second kappa shape index (κ2) is 7.86. The molecule has 2 aromatic rings. The maximum absolute atomic E-state index is 11.6. The van der Waals surface area contributed by atoms with Gasteiger partial charge in [-0.3, -0.25) is 0 Å². The molecule has 0 bridgehead atoms. The third kappa shape index (κ3) is 4.22. The van der Waals surface area contributed by atoms with E-state index in [0.717, 1.165) is 38.8 Å². The Balaban J connectivity index is 2.00. The molecule has 136 valence electrons. The molecule has 1 fully saturated rings. The lowest BCUT2D eigenvalue weighted by molar-refractivity contribution is -0.0290. The SMILES string of the molecule is C[C@@H](N)CN(C)CC(c1cccc2ccccc12)C1(O)CCCCC1. The molecule has 3 N–H and O–H groups in total. The predicted octanol–water partition coefficient (Wildman–Crippen LogP) is 3.90. The Labute approximate surface area is 151 Å². The fourth-order valence-corrected chi connectivity index (χ4v) is 4.50. The van der Waals surface area contributed by atoms with Crippen LogP contribution in [-0.4, -0.2) is 41.8 Å². The Morgan fingerprint density at radius 1 is 1.04 bits per heavy atom. The van der Waals surface area contributed by atoms with E-state index in [1.54, 1.807) is 0 Å². The summed E-state index contributed by atoms with van der Waals surface area (Å²) in [4.78, 5) is 2.28. The van der Waals surface area contributed by atoms with Crippen LogP contribution in [-0.2, 0) is 0 Å². The number of fused-ring (bicyclic) bond motifs is 1. The van der Waals surface area contributed by atoms with Crippen molar-refractivity contribution >= 4 is 10.8 Å². The van der Waals surface area contributed by atoms with Crippen LogP contribution in [0.5, 0.6) is 0 Å². The monoisotopic (exact) mass is 340 g/mol. The number of aliphatic hydroxyl groups is 1. The van der Waals surface area contributed by atoms with Crippen molar-refractivity contribution in [2.75, 3.05) is 20.1 Å². The second-order valence-electron chi connectivity index (χ2n) is 7.98. The van der Waals surface area contributed by atoms with Crippen LogP contribution in [0.1, 0.15) is 50.5 Å². The topological polar surface area (TPSA) is 49.5 Å². The number of nitrogens with zero attached hydrogens (tertiary/aromatic N) is 1. The fraction of sp³-hybridized carbons (Fsp3) is 0.545. The first-order valence-electron chi connectivity index (χ1n) is 9.64. The number of nitrogens with two attached hydrogens (primary N) is 1. The number of likely N-dealkylation sites (N-methyl/N-ethyl adjacent to an activating group) is 1. The lowest BCUT2D eigenvalue weighted by atomic mass is 9.71. The molecule has 0 radical (unpaired) electrons. The molecule has 3 rings (SSSR count). The minimum atomic E-state index is -0.617. The zero-order valence-electron chi connectivity index (χ0n) is 15.6. The molecule has 0 spiro atoms. The molecule has 3 heteroatoms. The first kappa shape index (κ1) is 18.4.